The number of benzene rings is 1. The Morgan fingerprint density at radius 2 is 1.80 bits per heavy atom. The molecule has 1 aromatic rings. The maximum Gasteiger partial charge on any atom is 0.251 e. The van der Waals surface area contributed by atoms with Crippen LogP contribution in [0.25, 0.3) is 0 Å². The summed E-state index contributed by atoms with van der Waals surface area (Å²) in [6.45, 7) is 9.14. The van der Waals surface area contributed by atoms with Crippen molar-refractivity contribution >= 4 is 21.8 Å². The average molecular weight is 440 g/mol. The van der Waals surface area contributed by atoms with Crippen molar-refractivity contribution < 1.29 is 22.7 Å². The summed E-state index contributed by atoms with van der Waals surface area (Å²) in [5.74, 6) is -0.0379. The Morgan fingerprint density at radius 3 is 2.30 bits per heavy atom. The number of piperidine rings is 1. The quantitative estimate of drug-likeness (QED) is 0.669. The van der Waals surface area contributed by atoms with Crippen molar-refractivity contribution in [2.24, 2.45) is 5.92 Å². The van der Waals surface area contributed by atoms with Crippen LogP contribution in [-0.2, 0) is 14.8 Å². The summed E-state index contributed by atoms with van der Waals surface area (Å²) in [5.41, 5.74) is 0.266. The van der Waals surface area contributed by atoms with Crippen molar-refractivity contribution in [3.05, 3.63) is 23.8 Å². The fourth-order valence-corrected chi connectivity index (χ4v) is 5.24. The van der Waals surface area contributed by atoms with Crippen molar-refractivity contribution in [1.82, 2.24) is 14.5 Å². The molecule has 8 nitrogen and oxygen atoms in total. The van der Waals surface area contributed by atoms with E-state index in [1.165, 1.54) is 23.5 Å². The summed E-state index contributed by atoms with van der Waals surface area (Å²) in [4.78, 5) is 26.7. The molecule has 0 spiro atoms. The number of hydrogen-bond acceptors (Lipinski definition) is 5. The van der Waals surface area contributed by atoms with Gasteiger partial charge in [0.05, 0.1) is 7.11 Å². The fourth-order valence-electron chi connectivity index (χ4n) is 3.60. The first-order valence-corrected chi connectivity index (χ1v) is 11.9. The fraction of sp³-hybridized carbons (Fsp3) is 0.619. The SMILES string of the molecule is CCN(CC)S(=O)(=O)c1cc(C(=O)NC2CCN(C(=O)C(C)C)CC2)ccc1OC. The van der Waals surface area contributed by atoms with Crippen LogP contribution in [-0.4, -0.2) is 68.8 Å². The molecule has 2 rings (SSSR count). The molecule has 1 fully saturated rings. The van der Waals surface area contributed by atoms with Crippen LogP contribution in [0.15, 0.2) is 23.1 Å². The van der Waals surface area contributed by atoms with Crippen molar-refractivity contribution in [1.29, 1.82) is 0 Å². The number of likely N-dealkylation sites (tertiary alicyclic amines) is 1. The van der Waals surface area contributed by atoms with Gasteiger partial charge in [0.2, 0.25) is 15.9 Å². The van der Waals surface area contributed by atoms with Gasteiger partial charge in [-0.1, -0.05) is 27.7 Å². The predicted molar refractivity (Wildman–Crippen MR) is 115 cm³/mol. The zero-order valence-corrected chi connectivity index (χ0v) is 19.3. The van der Waals surface area contributed by atoms with E-state index >= 15 is 0 Å². The Hall–Kier alpha value is -2.13. The van der Waals surface area contributed by atoms with Gasteiger partial charge in [-0.05, 0) is 31.0 Å². The molecule has 1 aromatic carbocycles. The maximum atomic E-state index is 13.0. The minimum Gasteiger partial charge on any atom is -0.495 e. The summed E-state index contributed by atoms with van der Waals surface area (Å²) >= 11 is 0. The van der Waals surface area contributed by atoms with Gasteiger partial charge in [0, 0.05) is 43.7 Å². The first kappa shape index (κ1) is 24.1. The molecule has 0 unspecified atom stereocenters. The molecule has 1 heterocycles. The normalized spacial score (nSPS) is 15.5. The van der Waals surface area contributed by atoms with Gasteiger partial charge in [-0.15, -0.1) is 0 Å². The second kappa shape index (κ2) is 10.3. The van der Waals surface area contributed by atoms with E-state index in [9.17, 15) is 18.0 Å². The molecule has 0 aromatic heterocycles. The highest BCUT2D eigenvalue weighted by Gasteiger charge is 2.28. The predicted octanol–water partition coefficient (Wildman–Crippen LogP) is 2.10. The van der Waals surface area contributed by atoms with Crippen molar-refractivity contribution in [2.75, 3.05) is 33.3 Å². The van der Waals surface area contributed by atoms with E-state index in [2.05, 4.69) is 5.32 Å². The van der Waals surface area contributed by atoms with E-state index in [4.69, 9.17) is 4.74 Å². The summed E-state index contributed by atoms with van der Waals surface area (Å²) in [6.07, 6.45) is 1.34. The lowest BCUT2D eigenvalue weighted by molar-refractivity contribution is -0.135. The summed E-state index contributed by atoms with van der Waals surface area (Å²) in [7, 11) is -2.37. The Morgan fingerprint density at radius 1 is 1.20 bits per heavy atom. The Bertz CT molecular complexity index is 857. The second-order valence-corrected chi connectivity index (χ2v) is 9.59. The van der Waals surface area contributed by atoms with E-state index < -0.39 is 10.0 Å². The monoisotopic (exact) mass is 439 g/mol. The number of carbonyl (C=O) groups excluding carboxylic acids is 2. The molecule has 0 radical (unpaired) electrons. The number of ether oxygens (including phenoxy) is 1. The van der Waals surface area contributed by atoms with Crippen LogP contribution >= 0.6 is 0 Å². The van der Waals surface area contributed by atoms with Gasteiger partial charge >= 0.3 is 0 Å². The van der Waals surface area contributed by atoms with Crippen LogP contribution < -0.4 is 10.1 Å². The van der Waals surface area contributed by atoms with Crippen molar-refractivity contribution in [3.8, 4) is 5.75 Å². The molecule has 1 aliphatic heterocycles. The van der Waals surface area contributed by atoms with Gasteiger partial charge in [0.1, 0.15) is 10.6 Å². The lowest BCUT2D eigenvalue weighted by Crippen LogP contribution is -2.47. The molecule has 0 aliphatic carbocycles. The highest BCUT2D eigenvalue weighted by atomic mass is 32.2. The number of rotatable bonds is 8. The molecule has 0 saturated carbocycles. The van der Waals surface area contributed by atoms with Crippen LogP contribution in [0.4, 0.5) is 0 Å². The first-order valence-electron chi connectivity index (χ1n) is 10.4. The van der Waals surface area contributed by atoms with Crippen LogP contribution in [0, 0.1) is 5.92 Å². The molecule has 0 bridgehead atoms. The Labute approximate surface area is 179 Å². The number of methoxy groups -OCH3 is 1. The summed E-state index contributed by atoms with van der Waals surface area (Å²) in [6, 6.07) is 4.39. The molecule has 30 heavy (non-hydrogen) atoms. The molecular weight excluding hydrogens is 406 g/mol. The lowest BCUT2D eigenvalue weighted by Gasteiger charge is -2.33. The Kier molecular flexibility index (Phi) is 8.25. The topological polar surface area (TPSA) is 96.0 Å². The minimum atomic E-state index is -3.77. The lowest BCUT2D eigenvalue weighted by atomic mass is 10.0. The van der Waals surface area contributed by atoms with Gasteiger partial charge in [0.25, 0.3) is 5.91 Å². The molecule has 1 aliphatic rings. The van der Waals surface area contributed by atoms with Crippen molar-refractivity contribution in [3.63, 3.8) is 0 Å². The van der Waals surface area contributed by atoms with Gasteiger partial charge in [-0.3, -0.25) is 9.59 Å². The van der Waals surface area contributed by atoms with E-state index in [1.54, 1.807) is 19.9 Å². The first-order chi connectivity index (χ1) is 14.1. The third-order valence-electron chi connectivity index (χ3n) is 5.38. The second-order valence-electron chi connectivity index (χ2n) is 7.68. The highest BCUT2D eigenvalue weighted by molar-refractivity contribution is 7.89. The number of hydrogen-bond donors (Lipinski definition) is 1. The largest absolute Gasteiger partial charge is 0.495 e. The molecule has 1 N–H and O–H groups in total. The molecule has 2 amide bonds. The smallest absolute Gasteiger partial charge is 0.251 e. The maximum absolute atomic E-state index is 13.0. The number of carbonyl (C=O) groups is 2. The van der Waals surface area contributed by atoms with Gasteiger partial charge in [0.15, 0.2) is 0 Å². The molecule has 168 valence electrons. The van der Waals surface area contributed by atoms with E-state index in [-0.39, 0.29) is 40.0 Å². The Balaban J connectivity index is 2.15. The number of nitrogens with one attached hydrogen (secondary N) is 1. The van der Waals surface area contributed by atoms with Crippen molar-refractivity contribution in [2.45, 2.75) is 51.5 Å². The highest BCUT2D eigenvalue weighted by Crippen LogP contribution is 2.28. The summed E-state index contributed by atoms with van der Waals surface area (Å²) in [5, 5.41) is 2.97. The van der Waals surface area contributed by atoms with Crippen LogP contribution in [0.1, 0.15) is 50.9 Å². The third kappa shape index (κ3) is 5.31. The standard InChI is InChI=1S/C21H33N3O5S/c1-6-24(7-2)30(27,28)19-14-16(8-9-18(19)29-5)20(25)22-17-10-12-23(13-11-17)21(26)15(3)4/h8-9,14-15,17H,6-7,10-13H2,1-5H3,(H,22,25). The van der Waals surface area contributed by atoms with Gasteiger partial charge in [-0.2, -0.15) is 4.31 Å². The minimum absolute atomic E-state index is 0.0151. The molecular formula is C21H33N3O5S. The molecule has 1 saturated heterocycles. The van der Waals surface area contributed by atoms with Gasteiger partial charge in [-0.25, -0.2) is 8.42 Å². The number of sulfonamides is 1. The van der Waals surface area contributed by atoms with E-state index in [0.29, 0.717) is 39.0 Å². The van der Waals surface area contributed by atoms with Gasteiger partial charge < -0.3 is 15.0 Å². The zero-order chi connectivity index (χ0) is 22.5. The van der Waals surface area contributed by atoms with Crippen LogP contribution in [0.5, 0.6) is 5.75 Å². The average Bonchev–Trinajstić information content (AvgIpc) is 2.73. The number of amides is 2. The molecule has 9 heteroatoms. The van der Waals surface area contributed by atoms with E-state index in [1.807, 2.05) is 18.7 Å². The van der Waals surface area contributed by atoms with Crippen LogP contribution in [0.3, 0.4) is 0 Å². The third-order valence-corrected chi connectivity index (χ3v) is 7.46. The zero-order valence-electron chi connectivity index (χ0n) is 18.5. The van der Waals surface area contributed by atoms with E-state index in [0.717, 1.165) is 0 Å². The molecule has 0 atom stereocenters. The van der Waals surface area contributed by atoms with Crippen LogP contribution in [0.2, 0.25) is 0 Å². The number of nitrogens with zero attached hydrogens (tertiary/aromatic N) is 2. The summed E-state index contributed by atoms with van der Waals surface area (Å²) < 4.78 is 32.5.